The summed E-state index contributed by atoms with van der Waals surface area (Å²) in [5, 5.41) is 2.97. The van der Waals surface area contributed by atoms with Gasteiger partial charge in [-0.2, -0.15) is 0 Å². The van der Waals surface area contributed by atoms with Gasteiger partial charge in [0.25, 0.3) is 0 Å². The van der Waals surface area contributed by atoms with Crippen molar-refractivity contribution in [1.29, 1.82) is 0 Å². The van der Waals surface area contributed by atoms with Gasteiger partial charge in [0.15, 0.2) is 0 Å². The van der Waals surface area contributed by atoms with E-state index in [1.165, 1.54) is 5.56 Å². The zero-order valence-electron chi connectivity index (χ0n) is 22.1. The molecule has 2 fully saturated rings. The summed E-state index contributed by atoms with van der Waals surface area (Å²) in [5.41, 5.74) is 1.95. The minimum Gasteiger partial charge on any atom is -0.497 e. The summed E-state index contributed by atoms with van der Waals surface area (Å²) in [6.07, 6.45) is 4.44. The van der Waals surface area contributed by atoms with Crippen LogP contribution in [0, 0.1) is 0 Å². The highest BCUT2D eigenvalue weighted by molar-refractivity contribution is 5.86. The van der Waals surface area contributed by atoms with Gasteiger partial charge in [0, 0.05) is 25.2 Å². The molecule has 1 saturated heterocycles. The van der Waals surface area contributed by atoms with Gasteiger partial charge >= 0.3 is 6.03 Å². The zero-order chi connectivity index (χ0) is 25.8. The highest BCUT2D eigenvalue weighted by atomic mass is 16.5. The van der Waals surface area contributed by atoms with E-state index in [0.29, 0.717) is 19.6 Å². The fourth-order valence-corrected chi connectivity index (χ4v) is 5.96. The van der Waals surface area contributed by atoms with E-state index in [0.717, 1.165) is 43.4 Å². The molecule has 0 atom stereocenters. The Labute approximate surface area is 215 Å². The van der Waals surface area contributed by atoms with Crippen molar-refractivity contribution in [2.24, 2.45) is 0 Å². The number of urea groups is 1. The van der Waals surface area contributed by atoms with Gasteiger partial charge in [-0.25, -0.2) is 4.79 Å². The van der Waals surface area contributed by atoms with Crippen molar-refractivity contribution in [3.8, 4) is 5.75 Å². The molecule has 2 aromatic rings. The van der Waals surface area contributed by atoms with Crippen LogP contribution >= 0.6 is 0 Å². The fourth-order valence-electron chi connectivity index (χ4n) is 5.96. The van der Waals surface area contributed by atoms with Gasteiger partial charge in [0.2, 0.25) is 5.91 Å². The first-order valence-corrected chi connectivity index (χ1v) is 13.0. The quantitative estimate of drug-likeness (QED) is 0.569. The van der Waals surface area contributed by atoms with Crippen LogP contribution in [0.4, 0.5) is 4.79 Å². The Morgan fingerprint density at radius 1 is 1.03 bits per heavy atom. The lowest BCUT2D eigenvalue weighted by atomic mass is 9.68. The summed E-state index contributed by atoms with van der Waals surface area (Å²) in [7, 11) is 5.95. The van der Waals surface area contributed by atoms with E-state index in [-0.39, 0.29) is 29.6 Å². The van der Waals surface area contributed by atoms with Gasteiger partial charge in [0.05, 0.1) is 12.6 Å². The number of amides is 3. The molecule has 7 heteroatoms. The standard InChI is InChI=1S/C29H40N4O3/c1-5-19-30-26(34)21-33-27(35)32(20-23-11-13-25(36-4)14-12-23)22-28(33)15-17-29(18-16-28,31(2)3)24-9-7-6-8-10-24/h6-14H,5,15-22H2,1-4H3,(H,30,34)/t28-,29-. The van der Waals surface area contributed by atoms with Crippen LogP contribution in [0.15, 0.2) is 54.6 Å². The fraction of sp³-hybridized carbons (Fsp3) is 0.517. The normalized spacial score (nSPS) is 24.0. The van der Waals surface area contributed by atoms with E-state index in [1.807, 2.05) is 41.0 Å². The average Bonchev–Trinajstić information content (AvgIpc) is 3.14. The summed E-state index contributed by atoms with van der Waals surface area (Å²) >= 11 is 0. The van der Waals surface area contributed by atoms with Gasteiger partial charge in [0.1, 0.15) is 12.3 Å². The molecule has 0 radical (unpaired) electrons. The van der Waals surface area contributed by atoms with E-state index in [4.69, 9.17) is 4.74 Å². The van der Waals surface area contributed by atoms with E-state index >= 15 is 0 Å². The molecule has 1 N–H and O–H groups in total. The van der Waals surface area contributed by atoms with E-state index in [9.17, 15) is 9.59 Å². The Bertz CT molecular complexity index is 1030. The second-order valence-electron chi connectivity index (χ2n) is 10.4. The topological polar surface area (TPSA) is 65.1 Å². The monoisotopic (exact) mass is 492 g/mol. The summed E-state index contributed by atoms with van der Waals surface area (Å²) in [4.78, 5) is 32.6. The molecule has 0 bridgehead atoms. The number of methoxy groups -OCH3 is 1. The molecule has 0 unspecified atom stereocenters. The van der Waals surface area contributed by atoms with Crippen LogP contribution in [0.2, 0.25) is 0 Å². The van der Waals surface area contributed by atoms with E-state index < -0.39 is 0 Å². The molecular weight excluding hydrogens is 452 g/mol. The van der Waals surface area contributed by atoms with Gasteiger partial charge < -0.3 is 19.9 Å². The Morgan fingerprint density at radius 2 is 1.69 bits per heavy atom. The molecule has 1 heterocycles. The van der Waals surface area contributed by atoms with Crippen molar-refractivity contribution in [3.63, 3.8) is 0 Å². The first-order chi connectivity index (χ1) is 17.3. The lowest BCUT2D eigenvalue weighted by Crippen LogP contribution is -2.57. The Kier molecular flexibility index (Phi) is 7.88. The van der Waals surface area contributed by atoms with Crippen LogP contribution in [0.25, 0.3) is 0 Å². The molecule has 4 rings (SSSR count). The Hall–Kier alpha value is -3.06. The molecule has 194 valence electrons. The number of nitrogens with zero attached hydrogens (tertiary/aromatic N) is 3. The minimum atomic E-state index is -0.346. The van der Waals surface area contributed by atoms with Crippen LogP contribution in [0.3, 0.4) is 0 Å². The van der Waals surface area contributed by atoms with Gasteiger partial charge in [-0.1, -0.05) is 49.4 Å². The molecule has 1 spiro atoms. The number of hydrogen-bond acceptors (Lipinski definition) is 4. The molecule has 7 nitrogen and oxygen atoms in total. The zero-order valence-corrected chi connectivity index (χ0v) is 22.1. The molecule has 1 aliphatic heterocycles. The number of benzene rings is 2. The van der Waals surface area contributed by atoms with Gasteiger partial charge in [-0.05, 0) is 69.5 Å². The molecule has 2 aliphatic rings. The largest absolute Gasteiger partial charge is 0.497 e. The van der Waals surface area contributed by atoms with Crippen molar-refractivity contribution in [2.45, 2.75) is 56.7 Å². The second kappa shape index (κ2) is 10.9. The van der Waals surface area contributed by atoms with Crippen molar-refractivity contribution in [1.82, 2.24) is 20.0 Å². The number of carbonyl (C=O) groups is 2. The highest BCUT2D eigenvalue weighted by Gasteiger charge is 2.54. The van der Waals surface area contributed by atoms with Crippen molar-refractivity contribution in [2.75, 3.05) is 40.8 Å². The molecular formula is C29H40N4O3. The Balaban J connectivity index is 1.58. The van der Waals surface area contributed by atoms with Gasteiger partial charge in [-0.3, -0.25) is 9.69 Å². The predicted molar refractivity (Wildman–Crippen MR) is 142 cm³/mol. The summed E-state index contributed by atoms with van der Waals surface area (Å²) in [6, 6.07) is 18.5. The number of rotatable bonds is 9. The third-order valence-corrected chi connectivity index (χ3v) is 8.14. The lowest BCUT2D eigenvalue weighted by molar-refractivity contribution is -0.123. The van der Waals surface area contributed by atoms with Crippen LogP contribution in [-0.2, 0) is 16.9 Å². The molecule has 1 aliphatic carbocycles. The summed E-state index contributed by atoms with van der Waals surface area (Å²) in [6.45, 7) is 3.93. The van der Waals surface area contributed by atoms with E-state index in [1.54, 1.807) is 7.11 Å². The maximum atomic E-state index is 13.7. The number of carbonyl (C=O) groups excluding carboxylic acids is 2. The smallest absolute Gasteiger partial charge is 0.321 e. The predicted octanol–water partition coefficient (Wildman–Crippen LogP) is 4.23. The molecule has 1 saturated carbocycles. The molecule has 36 heavy (non-hydrogen) atoms. The van der Waals surface area contributed by atoms with Crippen LogP contribution in [0.1, 0.15) is 50.2 Å². The number of hydrogen-bond donors (Lipinski definition) is 1. The number of ether oxygens (including phenoxy) is 1. The van der Waals surface area contributed by atoms with E-state index in [2.05, 4.69) is 54.6 Å². The SMILES string of the molecule is CCCNC(=O)CN1C(=O)N(Cc2ccc(OC)cc2)C[C@]12CC[C@@](c1ccccc1)(N(C)C)CC2. The number of nitrogens with one attached hydrogen (secondary N) is 1. The summed E-state index contributed by atoms with van der Waals surface area (Å²) in [5.74, 6) is 0.716. The van der Waals surface area contributed by atoms with Crippen molar-refractivity contribution in [3.05, 3.63) is 65.7 Å². The highest BCUT2D eigenvalue weighted by Crippen LogP contribution is 2.49. The lowest BCUT2D eigenvalue weighted by Gasteiger charge is -2.50. The third kappa shape index (κ3) is 5.07. The van der Waals surface area contributed by atoms with Gasteiger partial charge in [-0.15, -0.1) is 0 Å². The van der Waals surface area contributed by atoms with Crippen molar-refractivity contribution < 1.29 is 14.3 Å². The molecule has 2 aromatic carbocycles. The second-order valence-corrected chi connectivity index (χ2v) is 10.4. The van der Waals surface area contributed by atoms with Crippen LogP contribution in [-0.4, -0.2) is 73.0 Å². The first-order valence-electron chi connectivity index (χ1n) is 13.0. The average molecular weight is 493 g/mol. The van der Waals surface area contributed by atoms with Crippen LogP contribution in [0.5, 0.6) is 5.75 Å². The third-order valence-electron chi connectivity index (χ3n) is 8.14. The maximum Gasteiger partial charge on any atom is 0.321 e. The minimum absolute atomic E-state index is 0.0467. The van der Waals surface area contributed by atoms with Crippen LogP contribution < -0.4 is 10.1 Å². The molecule has 0 aromatic heterocycles. The summed E-state index contributed by atoms with van der Waals surface area (Å²) < 4.78 is 5.28. The maximum absolute atomic E-state index is 13.7. The van der Waals surface area contributed by atoms with Crippen molar-refractivity contribution >= 4 is 11.9 Å². The first kappa shape index (κ1) is 26.0. The molecule has 3 amide bonds. The Morgan fingerprint density at radius 3 is 2.28 bits per heavy atom.